The van der Waals surface area contributed by atoms with Gasteiger partial charge < -0.3 is 14.4 Å². The summed E-state index contributed by atoms with van der Waals surface area (Å²) in [6, 6.07) is 1.62. The summed E-state index contributed by atoms with van der Waals surface area (Å²) < 4.78 is 33.4. The van der Waals surface area contributed by atoms with Crippen LogP contribution in [0.1, 0.15) is 17.4 Å². The lowest BCUT2D eigenvalue weighted by atomic mass is 10.4. The maximum absolute atomic E-state index is 12.1. The summed E-state index contributed by atoms with van der Waals surface area (Å²) in [4.78, 5) is 4.15. The predicted molar refractivity (Wildman–Crippen MR) is 71.2 cm³/mol. The van der Waals surface area contributed by atoms with Crippen LogP contribution in [-0.2, 0) is 30.2 Å². The molecule has 0 aliphatic rings. The summed E-state index contributed by atoms with van der Waals surface area (Å²) in [5.74, 6) is 0.702. The number of aromatic nitrogens is 3. The Hall–Kier alpha value is -1.71. The van der Waals surface area contributed by atoms with Crippen LogP contribution in [0, 0.1) is 6.92 Å². The Kier molecular flexibility index (Phi) is 4.21. The Morgan fingerprint density at radius 1 is 1.40 bits per heavy atom. The number of hydrogen-bond donors (Lipinski definition) is 2. The minimum atomic E-state index is -3.60. The van der Waals surface area contributed by atoms with Gasteiger partial charge in [-0.15, -0.1) is 0 Å². The molecular formula is C11H17N5O3S. The molecule has 0 aliphatic carbocycles. The van der Waals surface area contributed by atoms with Crippen LogP contribution in [0.5, 0.6) is 0 Å². The summed E-state index contributed by atoms with van der Waals surface area (Å²) >= 11 is 0. The van der Waals surface area contributed by atoms with Gasteiger partial charge in [0.2, 0.25) is 15.9 Å². The molecule has 8 nitrogen and oxygen atoms in total. The molecule has 0 unspecified atom stereocenters. The van der Waals surface area contributed by atoms with E-state index in [-0.39, 0.29) is 17.3 Å². The topological polar surface area (TPSA) is 102 Å². The minimum Gasteiger partial charge on any atom is -0.352 e. The molecule has 0 aromatic carbocycles. The summed E-state index contributed by atoms with van der Waals surface area (Å²) in [5, 5.41) is 6.58. The monoisotopic (exact) mass is 299 g/mol. The number of rotatable bonds is 6. The summed E-state index contributed by atoms with van der Waals surface area (Å²) in [6.45, 7) is 2.23. The molecule has 2 N–H and O–H groups in total. The average Bonchev–Trinajstić information content (AvgIpc) is 2.95. The van der Waals surface area contributed by atoms with Crippen molar-refractivity contribution < 1.29 is 12.9 Å². The molecule has 0 aliphatic heterocycles. The van der Waals surface area contributed by atoms with Gasteiger partial charge in [0, 0.05) is 25.5 Å². The van der Waals surface area contributed by atoms with Gasteiger partial charge in [0.25, 0.3) is 0 Å². The Morgan fingerprint density at radius 3 is 2.75 bits per heavy atom. The second kappa shape index (κ2) is 5.73. The van der Waals surface area contributed by atoms with E-state index in [9.17, 15) is 8.42 Å². The third-order valence-corrected chi connectivity index (χ3v) is 4.10. The average molecular weight is 299 g/mol. The lowest BCUT2D eigenvalue weighted by molar-refractivity contribution is 0.372. The molecule has 0 radical (unpaired) electrons. The molecule has 2 heterocycles. The van der Waals surface area contributed by atoms with E-state index in [0.717, 1.165) is 5.69 Å². The zero-order chi connectivity index (χ0) is 14.8. The first-order chi connectivity index (χ1) is 9.42. The Labute approximate surface area is 117 Å². The Bertz CT molecular complexity index is 689. The molecule has 0 bridgehead atoms. The third kappa shape index (κ3) is 3.24. The van der Waals surface area contributed by atoms with E-state index in [1.165, 1.54) is 0 Å². The van der Waals surface area contributed by atoms with Crippen molar-refractivity contribution >= 4 is 10.0 Å². The minimum absolute atomic E-state index is 0.0283. The van der Waals surface area contributed by atoms with Crippen LogP contribution in [0.4, 0.5) is 0 Å². The third-order valence-electron chi connectivity index (χ3n) is 2.73. The van der Waals surface area contributed by atoms with Gasteiger partial charge in [-0.1, -0.05) is 5.16 Å². The number of aryl methyl sites for hydroxylation is 2. The van der Waals surface area contributed by atoms with Gasteiger partial charge in [-0.05, 0) is 20.0 Å². The second-order valence-corrected chi connectivity index (χ2v) is 6.14. The highest BCUT2D eigenvalue weighted by Crippen LogP contribution is 2.13. The second-order valence-electron chi connectivity index (χ2n) is 4.37. The van der Waals surface area contributed by atoms with Gasteiger partial charge in [-0.2, -0.15) is 4.98 Å². The standard InChI is InChI=1S/C11H17N5O3S/c1-8-14-11(19-15-8)6-13-20(17,18)10-4-9(5-12-2)16(3)7-10/h4,7,12-13H,5-6H2,1-3H3. The molecular weight excluding hydrogens is 282 g/mol. The van der Waals surface area contributed by atoms with E-state index < -0.39 is 10.0 Å². The molecule has 2 aromatic heterocycles. The quantitative estimate of drug-likeness (QED) is 0.773. The fourth-order valence-corrected chi connectivity index (χ4v) is 2.80. The van der Waals surface area contributed by atoms with Crippen molar-refractivity contribution in [3.8, 4) is 0 Å². The van der Waals surface area contributed by atoms with Crippen LogP contribution in [0.3, 0.4) is 0 Å². The number of hydrogen-bond acceptors (Lipinski definition) is 6. The normalized spacial score (nSPS) is 11.9. The fourth-order valence-electron chi connectivity index (χ4n) is 1.73. The molecule has 2 rings (SSSR count). The number of sulfonamides is 1. The molecule has 0 atom stereocenters. The zero-order valence-electron chi connectivity index (χ0n) is 11.5. The highest BCUT2D eigenvalue weighted by molar-refractivity contribution is 7.89. The lowest BCUT2D eigenvalue weighted by Crippen LogP contribution is -2.23. The van der Waals surface area contributed by atoms with Crippen LogP contribution < -0.4 is 10.0 Å². The van der Waals surface area contributed by atoms with E-state index in [1.54, 1.807) is 37.8 Å². The SMILES string of the molecule is CNCc1cc(S(=O)(=O)NCc2nc(C)no2)cn1C. The van der Waals surface area contributed by atoms with E-state index in [1.807, 2.05) is 0 Å². The smallest absolute Gasteiger partial charge is 0.242 e. The summed E-state index contributed by atoms with van der Waals surface area (Å²) in [7, 11) is 0.00600. The molecule has 20 heavy (non-hydrogen) atoms. The van der Waals surface area contributed by atoms with Crippen molar-refractivity contribution in [3.05, 3.63) is 29.7 Å². The molecule has 0 saturated carbocycles. The van der Waals surface area contributed by atoms with Gasteiger partial charge in [0.15, 0.2) is 5.82 Å². The Morgan fingerprint density at radius 2 is 2.15 bits per heavy atom. The van der Waals surface area contributed by atoms with Gasteiger partial charge >= 0.3 is 0 Å². The molecule has 0 saturated heterocycles. The maximum atomic E-state index is 12.1. The molecule has 0 spiro atoms. The van der Waals surface area contributed by atoms with Crippen molar-refractivity contribution in [1.29, 1.82) is 0 Å². The largest absolute Gasteiger partial charge is 0.352 e. The van der Waals surface area contributed by atoms with Crippen molar-refractivity contribution in [1.82, 2.24) is 24.7 Å². The van der Waals surface area contributed by atoms with Crippen molar-refractivity contribution in [2.24, 2.45) is 7.05 Å². The van der Waals surface area contributed by atoms with E-state index in [0.29, 0.717) is 12.4 Å². The van der Waals surface area contributed by atoms with Crippen LogP contribution in [0.25, 0.3) is 0 Å². The van der Waals surface area contributed by atoms with Gasteiger partial charge in [-0.3, -0.25) is 0 Å². The van der Waals surface area contributed by atoms with E-state index in [4.69, 9.17) is 4.52 Å². The molecule has 2 aromatic rings. The summed E-state index contributed by atoms with van der Waals surface area (Å²) in [6.07, 6.45) is 1.56. The zero-order valence-corrected chi connectivity index (χ0v) is 12.4. The number of nitrogens with one attached hydrogen (secondary N) is 2. The first-order valence-electron chi connectivity index (χ1n) is 6.01. The number of nitrogens with zero attached hydrogens (tertiary/aromatic N) is 3. The van der Waals surface area contributed by atoms with Gasteiger partial charge in [-0.25, -0.2) is 13.1 Å². The van der Waals surface area contributed by atoms with E-state index >= 15 is 0 Å². The van der Waals surface area contributed by atoms with Crippen LogP contribution in [0.15, 0.2) is 21.7 Å². The first-order valence-corrected chi connectivity index (χ1v) is 7.49. The lowest BCUT2D eigenvalue weighted by Gasteiger charge is -2.01. The summed E-state index contributed by atoms with van der Waals surface area (Å²) in [5.41, 5.74) is 0.876. The van der Waals surface area contributed by atoms with Crippen molar-refractivity contribution in [2.45, 2.75) is 24.9 Å². The molecule has 0 amide bonds. The fraction of sp³-hybridized carbons (Fsp3) is 0.455. The highest BCUT2D eigenvalue weighted by atomic mass is 32.2. The van der Waals surface area contributed by atoms with Crippen LogP contribution in [0.2, 0.25) is 0 Å². The van der Waals surface area contributed by atoms with Gasteiger partial charge in [0.1, 0.15) is 0 Å². The maximum Gasteiger partial charge on any atom is 0.242 e. The van der Waals surface area contributed by atoms with Crippen LogP contribution >= 0.6 is 0 Å². The molecule has 9 heteroatoms. The Balaban J connectivity index is 2.11. The first kappa shape index (κ1) is 14.7. The van der Waals surface area contributed by atoms with Crippen molar-refractivity contribution in [2.75, 3.05) is 7.05 Å². The van der Waals surface area contributed by atoms with Crippen molar-refractivity contribution in [3.63, 3.8) is 0 Å². The van der Waals surface area contributed by atoms with E-state index in [2.05, 4.69) is 20.2 Å². The van der Waals surface area contributed by atoms with Crippen LogP contribution in [-0.4, -0.2) is 30.2 Å². The highest BCUT2D eigenvalue weighted by Gasteiger charge is 2.18. The van der Waals surface area contributed by atoms with Gasteiger partial charge in [0.05, 0.1) is 11.4 Å². The predicted octanol–water partition coefficient (Wildman–Crippen LogP) is -0.0856. The molecule has 0 fully saturated rings. The molecule has 110 valence electrons.